The zero-order valence-corrected chi connectivity index (χ0v) is 24.8. The van der Waals surface area contributed by atoms with Crippen LogP contribution in [0.1, 0.15) is 24.9 Å². The Labute approximate surface area is 246 Å². The van der Waals surface area contributed by atoms with E-state index in [1.807, 2.05) is 30.3 Å². The Kier molecular flexibility index (Phi) is 8.31. The molecule has 10 heteroatoms. The Morgan fingerprint density at radius 3 is 2.55 bits per heavy atom. The number of rotatable bonds is 10. The SMILES string of the molecule is C=CCN(C(=O)C1N([C@H](CO)c2ccccc2)C(=O)[C@@H]2[C@@H](C(=O)OCC)[C@@H]3SC12CC3Br)c1ccc(OC)cc1. The lowest BCUT2D eigenvalue weighted by molar-refractivity contribution is -0.154. The van der Waals surface area contributed by atoms with Crippen LogP contribution in [0.4, 0.5) is 5.69 Å². The number of fused-ring (bicyclic) bond motifs is 1. The Morgan fingerprint density at radius 1 is 1.25 bits per heavy atom. The normalized spacial score (nSPS) is 29.1. The average molecular weight is 630 g/mol. The summed E-state index contributed by atoms with van der Waals surface area (Å²) < 4.78 is 9.87. The first kappa shape index (κ1) is 28.7. The van der Waals surface area contributed by atoms with Crippen molar-refractivity contribution in [3.05, 3.63) is 72.8 Å². The molecule has 0 aromatic heterocycles. The molecule has 1 N–H and O–H groups in total. The molecule has 3 aliphatic rings. The lowest BCUT2D eigenvalue weighted by Gasteiger charge is -2.40. The first-order valence-corrected chi connectivity index (χ1v) is 15.1. The highest BCUT2D eigenvalue weighted by atomic mass is 79.9. The number of thioether (sulfide) groups is 1. The monoisotopic (exact) mass is 628 g/mol. The van der Waals surface area contributed by atoms with Gasteiger partial charge in [-0.15, -0.1) is 18.3 Å². The molecule has 3 fully saturated rings. The molecule has 3 heterocycles. The first-order chi connectivity index (χ1) is 19.3. The number of amides is 2. The molecule has 2 amide bonds. The van der Waals surface area contributed by atoms with Gasteiger partial charge < -0.3 is 24.4 Å². The Bertz CT molecular complexity index is 1280. The number of nitrogens with zero attached hydrogens (tertiary/aromatic N) is 2. The highest BCUT2D eigenvalue weighted by Gasteiger charge is 2.76. The van der Waals surface area contributed by atoms with Crippen LogP contribution in [-0.2, 0) is 19.1 Å². The number of aliphatic hydroxyl groups excluding tert-OH is 1. The summed E-state index contributed by atoms with van der Waals surface area (Å²) >= 11 is 5.31. The predicted octanol–water partition coefficient (Wildman–Crippen LogP) is 3.98. The molecule has 2 aromatic carbocycles. The van der Waals surface area contributed by atoms with Crippen LogP contribution in [0.2, 0.25) is 0 Å². The van der Waals surface area contributed by atoms with Crippen LogP contribution in [0.5, 0.6) is 5.75 Å². The number of carbonyl (C=O) groups is 3. The van der Waals surface area contributed by atoms with Gasteiger partial charge in [-0.05, 0) is 43.2 Å². The van der Waals surface area contributed by atoms with E-state index in [1.165, 1.54) is 11.8 Å². The zero-order valence-electron chi connectivity index (χ0n) is 22.4. The average Bonchev–Trinajstić information content (AvgIpc) is 3.56. The fourth-order valence-electron chi connectivity index (χ4n) is 6.58. The molecule has 3 aliphatic heterocycles. The van der Waals surface area contributed by atoms with Crippen molar-refractivity contribution in [2.75, 3.05) is 31.8 Å². The van der Waals surface area contributed by atoms with Crippen LogP contribution in [0, 0.1) is 11.8 Å². The van der Waals surface area contributed by atoms with Gasteiger partial charge in [0, 0.05) is 22.3 Å². The number of carbonyl (C=O) groups excluding carboxylic acids is 3. The number of hydrogen-bond donors (Lipinski definition) is 1. The predicted molar refractivity (Wildman–Crippen MR) is 158 cm³/mol. The Balaban J connectivity index is 1.65. The van der Waals surface area contributed by atoms with Gasteiger partial charge in [-0.1, -0.05) is 52.3 Å². The molecule has 0 saturated carbocycles. The van der Waals surface area contributed by atoms with Gasteiger partial charge in [0.25, 0.3) is 5.91 Å². The van der Waals surface area contributed by atoms with Crippen molar-refractivity contribution in [3.63, 3.8) is 0 Å². The molecule has 0 radical (unpaired) electrons. The third-order valence-electron chi connectivity index (χ3n) is 8.17. The van der Waals surface area contributed by atoms with Gasteiger partial charge in [0.1, 0.15) is 11.8 Å². The van der Waals surface area contributed by atoms with E-state index in [0.717, 1.165) is 5.56 Å². The van der Waals surface area contributed by atoms with Crippen LogP contribution in [0.3, 0.4) is 0 Å². The number of ether oxygens (including phenoxy) is 2. The molecule has 0 aliphatic carbocycles. The van der Waals surface area contributed by atoms with Gasteiger partial charge in [0.2, 0.25) is 5.91 Å². The van der Waals surface area contributed by atoms with E-state index < -0.39 is 34.6 Å². The van der Waals surface area contributed by atoms with Gasteiger partial charge in [-0.2, -0.15) is 0 Å². The van der Waals surface area contributed by atoms with E-state index in [4.69, 9.17) is 9.47 Å². The fraction of sp³-hybridized carbons (Fsp3) is 0.433. The van der Waals surface area contributed by atoms with E-state index in [-0.39, 0.29) is 41.6 Å². The van der Waals surface area contributed by atoms with Gasteiger partial charge >= 0.3 is 5.97 Å². The molecule has 2 bridgehead atoms. The third kappa shape index (κ3) is 4.54. The topological polar surface area (TPSA) is 96.4 Å². The number of esters is 1. The zero-order chi connectivity index (χ0) is 28.6. The molecule has 3 saturated heterocycles. The van der Waals surface area contributed by atoms with E-state index in [9.17, 15) is 19.5 Å². The second-order valence-electron chi connectivity index (χ2n) is 10.2. The van der Waals surface area contributed by atoms with E-state index in [2.05, 4.69) is 22.5 Å². The highest BCUT2D eigenvalue weighted by molar-refractivity contribution is 9.09. The van der Waals surface area contributed by atoms with Crippen LogP contribution in [0.25, 0.3) is 0 Å². The summed E-state index contributed by atoms with van der Waals surface area (Å²) in [7, 11) is 1.58. The fourth-order valence-corrected chi connectivity index (χ4v) is 10.2. The number of alkyl halides is 1. The number of halogens is 1. The third-order valence-corrected chi connectivity index (χ3v) is 11.4. The van der Waals surface area contributed by atoms with Crippen molar-refractivity contribution in [2.45, 2.75) is 40.3 Å². The van der Waals surface area contributed by atoms with Crippen LogP contribution >= 0.6 is 27.7 Å². The minimum Gasteiger partial charge on any atom is -0.497 e. The smallest absolute Gasteiger partial charge is 0.310 e. The van der Waals surface area contributed by atoms with E-state index in [0.29, 0.717) is 17.9 Å². The second-order valence-corrected chi connectivity index (χ2v) is 12.9. The molecule has 40 heavy (non-hydrogen) atoms. The van der Waals surface area contributed by atoms with Crippen molar-refractivity contribution in [1.82, 2.24) is 4.90 Å². The number of methoxy groups -OCH3 is 1. The highest BCUT2D eigenvalue weighted by Crippen LogP contribution is 2.68. The van der Waals surface area contributed by atoms with E-state index in [1.54, 1.807) is 54.2 Å². The van der Waals surface area contributed by atoms with Gasteiger partial charge in [0.05, 0.1) is 42.9 Å². The van der Waals surface area contributed by atoms with Gasteiger partial charge in [0.15, 0.2) is 0 Å². The standard InChI is InChI=1S/C30H33BrN2O6S/c1-4-15-32(19-11-13-20(38-3)14-12-19)28(36)26-30-16-21(31)25(40-30)23(29(37)39-5-2)24(30)27(35)33(26)22(17-34)18-9-7-6-8-10-18/h4,6-14,21-26,34H,1,5,15-17H2,2-3H3/t21?,22-,23-,24+,25-,26?,30?/m1/s1. The lowest BCUT2D eigenvalue weighted by Crippen LogP contribution is -2.56. The van der Waals surface area contributed by atoms with Crippen LogP contribution in [0.15, 0.2) is 67.3 Å². The van der Waals surface area contributed by atoms with E-state index >= 15 is 0 Å². The van der Waals surface area contributed by atoms with Crippen molar-refractivity contribution in [3.8, 4) is 5.75 Å². The maximum absolute atomic E-state index is 14.8. The molecule has 8 nitrogen and oxygen atoms in total. The Hall–Kier alpha value is -2.82. The van der Waals surface area contributed by atoms with Gasteiger partial charge in [-0.3, -0.25) is 14.4 Å². The molecular formula is C30H33BrN2O6S. The quantitative estimate of drug-likeness (QED) is 0.242. The van der Waals surface area contributed by atoms with Crippen molar-refractivity contribution in [2.24, 2.45) is 11.8 Å². The summed E-state index contributed by atoms with van der Waals surface area (Å²) in [6.45, 7) is 5.66. The summed E-state index contributed by atoms with van der Waals surface area (Å²) in [5, 5.41) is 10.5. The van der Waals surface area contributed by atoms with Crippen LogP contribution in [-0.4, -0.2) is 75.5 Å². The second kappa shape index (κ2) is 11.6. The van der Waals surface area contributed by atoms with Crippen molar-refractivity contribution >= 4 is 51.2 Å². The molecule has 3 unspecified atom stereocenters. The number of likely N-dealkylation sites (tertiary alicyclic amines) is 1. The summed E-state index contributed by atoms with van der Waals surface area (Å²) in [6.07, 6.45) is 2.17. The van der Waals surface area contributed by atoms with Crippen molar-refractivity contribution in [1.29, 1.82) is 0 Å². The largest absolute Gasteiger partial charge is 0.497 e. The van der Waals surface area contributed by atoms with Gasteiger partial charge in [-0.25, -0.2) is 0 Å². The maximum Gasteiger partial charge on any atom is 0.310 e. The minimum atomic E-state index is -0.932. The number of benzene rings is 2. The number of anilines is 1. The summed E-state index contributed by atoms with van der Waals surface area (Å²) in [5.41, 5.74) is 1.35. The first-order valence-electron chi connectivity index (χ1n) is 13.4. The summed E-state index contributed by atoms with van der Waals surface area (Å²) in [5.74, 6) is -1.80. The lowest BCUT2D eigenvalue weighted by atomic mass is 9.71. The molecule has 5 rings (SSSR count). The molecule has 2 aromatic rings. The summed E-state index contributed by atoms with van der Waals surface area (Å²) in [4.78, 5) is 45.6. The maximum atomic E-state index is 14.8. The molecule has 1 spiro atoms. The Morgan fingerprint density at radius 2 is 1.95 bits per heavy atom. The van der Waals surface area contributed by atoms with Crippen molar-refractivity contribution < 1.29 is 29.0 Å². The minimum absolute atomic E-state index is 0.0793. The molecular weight excluding hydrogens is 596 g/mol. The number of aliphatic hydroxyl groups is 1. The number of hydrogen-bond acceptors (Lipinski definition) is 7. The van der Waals surface area contributed by atoms with Crippen LogP contribution < -0.4 is 9.64 Å². The summed E-state index contributed by atoms with van der Waals surface area (Å²) in [6, 6.07) is 14.7. The molecule has 212 valence electrons. The molecule has 7 atom stereocenters.